The van der Waals surface area contributed by atoms with E-state index >= 15 is 0 Å². The second-order valence-corrected chi connectivity index (χ2v) is 5.66. The number of amides is 1. The summed E-state index contributed by atoms with van der Waals surface area (Å²) in [5, 5.41) is 7.32. The van der Waals surface area contributed by atoms with Crippen molar-refractivity contribution in [2.45, 2.75) is 33.2 Å². The van der Waals surface area contributed by atoms with Crippen molar-refractivity contribution in [1.82, 2.24) is 24.9 Å². The number of hydrogen-bond acceptors (Lipinski definition) is 4. The third-order valence-electron chi connectivity index (χ3n) is 3.66. The second kappa shape index (κ2) is 6.16. The Hall–Kier alpha value is -2.76. The maximum Gasteiger partial charge on any atom is 0.252 e. The first-order valence-electron chi connectivity index (χ1n) is 7.57. The van der Waals surface area contributed by atoms with E-state index in [1.165, 1.54) is 0 Å². The molecule has 0 spiro atoms. The van der Waals surface area contributed by atoms with Crippen LogP contribution in [0.4, 0.5) is 0 Å². The average molecular weight is 309 g/mol. The first-order valence-corrected chi connectivity index (χ1v) is 7.57. The molecule has 0 unspecified atom stereocenters. The summed E-state index contributed by atoms with van der Waals surface area (Å²) in [4.78, 5) is 20.9. The van der Waals surface area contributed by atoms with Crippen molar-refractivity contribution < 1.29 is 4.79 Å². The Morgan fingerprint density at radius 3 is 2.70 bits per heavy atom. The van der Waals surface area contributed by atoms with Gasteiger partial charge in [-0.15, -0.1) is 5.10 Å². The summed E-state index contributed by atoms with van der Waals surface area (Å²) in [6.45, 7) is 5.81. The van der Waals surface area contributed by atoms with Crippen molar-refractivity contribution in [2.75, 3.05) is 0 Å². The maximum atomic E-state index is 12.2. The van der Waals surface area contributed by atoms with E-state index in [-0.39, 0.29) is 18.4 Å². The summed E-state index contributed by atoms with van der Waals surface area (Å²) >= 11 is 0. The number of fused-ring (bicyclic) bond motifs is 1. The lowest BCUT2D eigenvalue weighted by molar-refractivity contribution is -0.121. The maximum absolute atomic E-state index is 12.2. The van der Waals surface area contributed by atoms with Crippen molar-refractivity contribution in [3.63, 3.8) is 0 Å². The van der Waals surface area contributed by atoms with Gasteiger partial charge in [0.1, 0.15) is 0 Å². The van der Waals surface area contributed by atoms with Gasteiger partial charge in [0.25, 0.3) is 5.78 Å². The summed E-state index contributed by atoms with van der Waals surface area (Å²) in [5.41, 5.74) is 2.90. The lowest BCUT2D eigenvalue weighted by Crippen LogP contribution is -2.28. The number of rotatable bonds is 4. The number of aromatic nitrogens is 4. The molecule has 0 fully saturated rings. The van der Waals surface area contributed by atoms with Crippen LogP contribution in [-0.2, 0) is 11.2 Å². The Balaban J connectivity index is 1.72. The molecular formula is C17H19N5O. The fraction of sp³-hybridized carbons (Fsp3) is 0.294. The third-order valence-corrected chi connectivity index (χ3v) is 3.66. The first-order chi connectivity index (χ1) is 11.0. The van der Waals surface area contributed by atoms with Crippen molar-refractivity contribution in [2.24, 2.45) is 0 Å². The van der Waals surface area contributed by atoms with Crippen molar-refractivity contribution in [1.29, 1.82) is 0 Å². The van der Waals surface area contributed by atoms with Gasteiger partial charge in [-0.1, -0.05) is 30.3 Å². The fourth-order valence-electron chi connectivity index (χ4n) is 2.54. The van der Waals surface area contributed by atoms with Gasteiger partial charge in [-0.3, -0.25) is 4.79 Å². The molecule has 2 aromatic heterocycles. The molecule has 0 aliphatic carbocycles. The highest BCUT2D eigenvalue weighted by molar-refractivity contribution is 5.78. The van der Waals surface area contributed by atoms with E-state index < -0.39 is 0 Å². The van der Waals surface area contributed by atoms with Crippen molar-refractivity contribution in [3.8, 4) is 0 Å². The molecule has 0 saturated heterocycles. The molecule has 0 aliphatic heterocycles. The minimum absolute atomic E-state index is 0.0529. The van der Waals surface area contributed by atoms with Crippen LogP contribution in [0.3, 0.4) is 0 Å². The molecule has 118 valence electrons. The largest absolute Gasteiger partial charge is 0.349 e. The lowest BCUT2D eigenvalue weighted by Gasteiger charge is -2.13. The molecule has 1 N–H and O–H groups in total. The summed E-state index contributed by atoms with van der Waals surface area (Å²) in [6, 6.07) is 11.7. The van der Waals surface area contributed by atoms with Gasteiger partial charge >= 0.3 is 0 Å². The fourth-order valence-corrected chi connectivity index (χ4v) is 2.54. The van der Waals surface area contributed by atoms with Crippen LogP contribution in [-0.4, -0.2) is 25.5 Å². The van der Waals surface area contributed by atoms with Crippen LogP contribution in [0.2, 0.25) is 0 Å². The van der Waals surface area contributed by atoms with Crippen LogP contribution < -0.4 is 5.32 Å². The number of nitrogens with one attached hydrogen (secondary N) is 1. The summed E-state index contributed by atoms with van der Waals surface area (Å²) < 4.78 is 1.66. The lowest BCUT2D eigenvalue weighted by atomic mass is 10.1. The Bertz CT molecular complexity index is 841. The minimum Gasteiger partial charge on any atom is -0.349 e. The summed E-state index contributed by atoms with van der Waals surface area (Å²) in [7, 11) is 0. The van der Waals surface area contributed by atoms with Crippen molar-refractivity contribution >= 4 is 11.7 Å². The molecule has 6 nitrogen and oxygen atoms in total. The number of hydrogen-bond donors (Lipinski definition) is 1. The van der Waals surface area contributed by atoms with Crippen molar-refractivity contribution in [3.05, 3.63) is 59.2 Å². The van der Waals surface area contributed by atoms with Crippen LogP contribution in [0.15, 0.2) is 36.4 Å². The van der Waals surface area contributed by atoms with Crippen LogP contribution in [0.5, 0.6) is 0 Å². The van der Waals surface area contributed by atoms with E-state index in [0.717, 1.165) is 17.0 Å². The summed E-state index contributed by atoms with van der Waals surface area (Å²) in [6.07, 6.45) is 0.138. The molecule has 0 bridgehead atoms. The topological polar surface area (TPSA) is 72.2 Å². The van der Waals surface area contributed by atoms with Gasteiger partial charge in [0.05, 0.1) is 12.5 Å². The molecular weight excluding hydrogens is 290 g/mol. The predicted molar refractivity (Wildman–Crippen MR) is 87.0 cm³/mol. The highest BCUT2D eigenvalue weighted by atomic mass is 16.1. The predicted octanol–water partition coefficient (Wildman–Crippen LogP) is 2.16. The minimum atomic E-state index is -0.105. The molecule has 1 aromatic carbocycles. The Morgan fingerprint density at radius 2 is 1.96 bits per heavy atom. The Morgan fingerprint density at radius 1 is 1.22 bits per heavy atom. The number of carbonyl (C=O) groups is 1. The zero-order valence-corrected chi connectivity index (χ0v) is 13.4. The van der Waals surface area contributed by atoms with E-state index in [2.05, 4.69) is 20.4 Å². The molecule has 2 heterocycles. The third kappa shape index (κ3) is 3.36. The van der Waals surface area contributed by atoms with Gasteiger partial charge < -0.3 is 5.32 Å². The Labute approximate surface area is 134 Å². The molecule has 0 radical (unpaired) electrons. The van der Waals surface area contributed by atoms with Crippen LogP contribution in [0.25, 0.3) is 5.78 Å². The zero-order valence-electron chi connectivity index (χ0n) is 13.4. The quantitative estimate of drug-likeness (QED) is 0.801. The Kier molecular flexibility index (Phi) is 4.06. The number of carbonyl (C=O) groups excluding carboxylic acids is 1. The normalized spacial score (nSPS) is 12.3. The van der Waals surface area contributed by atoms with Gasteiger partial charge in [0, 0.05) is 11.4 Å². The van der Waals surface area contributed by atoms with E-state index in [0.29, 0.717) is 11.6 Å². The van der Waals surface area contributed by atoms with E-state index in [1.807, 2.05) is 57.2 Å². The average Bonchev–Trinajstić information content (AvgIpc) is 2.90. The van der Waals surface area contributed by atoms with Gasteiger partial charge in [-0.05, 0) is 32.4 Å². The monoisotopic (exact) mass is 309 g/mol. The first kappa shape index (κ1) is 15.1. The van der Waals surface area contributed by atoms with E-state index in [1.54, 1.807) is 4.52 Å². The molecule has 1 atom stereocenters. The van der Waals surface area contributed by atoms with Crippen LogP contribution in [0.1, 0.15) is 35.7 Å². The van der Waals surface area contributed by atoms with Crippen LogP contribution >= 0.6 is 0 Å². The van der Waals surface area contributed by atoms with Gasteiger partial charge in [0.2, 0.25) is 5.91 Å². The second-order valence-electron chi connectivity index (χ2n) is 5.66. The molecule has 3 aromatic rings. The van der Waals surface area contributed by atoms with Gasteiger partial charge in [0.15, 0.2) is 5.82 Å². The molecule has 23 heavy (non-hydrogen) atoms. The van der Waals surface area contributed by atoms with Crippen LogP contribution in [0, 0.1) is 13.8 Å². The smallest absolute Gasteiger partial charge is 0.252 e. The van der Waals surface area contributed by atoms with Gasteiger partial charge in [-0.2, -0.15) is 4.98 Å². The molecule has 0 saturated carbocycles. The number of benzene rings is 1. The van der Waals surface area contributed by atoms with E-state index in [9.17, 15) is 4.79 Å². The van der Waals surface area contributed by atoms with E-state index in [4.69, 9.17) is 0 Å². The number of aryl methyl sites for hydroxylation is 2. The standard InChI is InChI=1S/C17H19N5O/c1-11-9-12(2)22-17(18-11)20-15(21-22)10-16(23)19-13(3)14-7-5-4-6-8-14/h4-9,13H,10H2,1-3H3,(H,19,23)/t13-/m0/s1. The molecule has 0 aliphatic rings. The molecule has 3 rings (SSSR count). The number of nitrogens with zero attached hydrogens (tertiary/aromatic N) is 4. The SMILES string of the molecule is Cc1cc(C)n2nc(CC(=O)N[C@@H](C)c3ccccc3)nc2n1. The highest BCUT2D eigenvalue weighted by Crippen LogP contribution is 2.11. The van der Waals surface area contributed by atoms with Gasteiger partial charge in [-0.25, -0.2) is 9.50 Å². The highest BCUT2D eigenvalue weighted by Gasteiger charge is 2.14. The molecule has 1 amide bonds. The molecule has 6 heteroatoms. The summed E-state index contributed by atoms with van der Waals surface area (Å²) in [5.74, 6) is 0.900. The zero-order chi connectivity index (χ0) is 16.4.